The van der Waals surface area contributed by atoms with E-state index < -0.39 is 17.7 Å². The third kappa shape index (κ3) is 5.70. The molecule has 1 heterocycles. The average Bonchev–Trinajstić information content (AvgIpc) is 3.05. The first kappa shape index (κ1) is 21.1. The van der Waals surface area contributed by atoms with E-state index in [4.69, 9.17) is 5.11 Å². The van der Waals surface area contributed by atoms with Crippen LogP contribution in [0, 0.1) is 6.92 Å². The summed E-state index contributed by atoms with van der Waals surface area (Å²) in [5.41, 5.74) is 3.48. The van der Waals surface area contributed by atoms with Gasteiger partial charge in [0.2, 0.25) is 0 Å². The number of carbonyl (C=O) groups is 1. The van der Waals surface area contributed by atoms with Gasteiger partial charge in [0.05, 0.1) is 5.56 Å². The van der Waals surface area contributed by atoms with Crippen LogP contribution in [0.2, 0.25) is 0 Å². The Morgan fingerprint density at radius 1 is 0.931 bits per heavy atom. The van der Waals surface area contributed by atoms with Crippen LogP contribution in [0.25, 0.3) is 10.4 Å². The van der Waals surface area contributed by atoms with Gasteiger partial charge in [-0.15, -0.1) is 11.3 Å². The zero-order valence-electron chi connectivity index (χ0n) is 15.9. The minimum atomic E-state index is -4.32. The molecule has 0 saturated carbocycles. The second kappa shape index (κ2) is 8.82. The minimum Gasteiger partial charge on any atom is -0.481 e. The van der Waals surface area contributed by atoms with Gasteiger partial charge in [-0.05, 0) is 66.6 Å². The van der Waals surface area contributed by atoms with Gasteiger partial charge in [0.1, 0.15) is 0 Å². The predicted octanol–water partition coefficient (Wildman–Crippen LogP) is 6.54. The quantitative estimate of drug-likeness (QED) is 0.473. The van der Waals surface area contributed by atoms with Crippen molar-refractivity contribution in [1.82, 2.24) is 0 Å². The molecule has 1 N–H and O–H groups in total. The van der Waals surface area contributed by atoms with Gasteiger partial charge in [-0.25, -0.2) is 0 Å². The first-order chi connectivity index (χ1) is 13.7. The Morgan fingerprint density at radius 2 is 1.52 bits per heavy atom. The Bertz CT molecular complexity index is 971. The maximum Gasteiger partial charge on any atom is 0.416 e. The molecule has 0 aliphatic rings. The first-order valence-corrected chi connectivity index (χ1v) is 10.1. The molecule has 2 aromatic carbocycles. The maximum absolute atomic E-state index is 12.7. The van der Waals surface area contributed by atoms with Gasteiger partial charge in [-0.3, -0.25) is 4.79 Å². The molecule has 0 atom stereocenters. The predicted molar refractivity (Wildman–Crippen MR) is 109 cm³/mol. The monoisotopic (exact) mass is 418 g/mol. The van der Waals surface area contributed by atoms with Gasteiger partial charge in [0.15, 0.2) is 0 Å². The van der Waals surface area contributed by atoms with E-state index in [2.05, 4.69) is 0 Å². The number of benzene rings is 2. The topological polar surface area (TPSA) is 37.3 Å². The molecule has 1 aromatic heterocycles. The van der Waals surface area contributed by atoms with Gasteiger partial charge in [-0.1, -0.05) is 36.4 Å². The van der Waals surface area contributed by atoms with E-state index >= 15 is 0 Å². The Balaban J connectivity index is 1.64. The van der Waals surface area contributed by atoms with Crippen LogP contribution in [-0.2, 0) is 30.2 Å². The van der Waals surface area contributed by atoms with Crippen molar-refractivity contribution in [1.29, 1.82) is 0 Å². The molecule has 29 heavy (non-hydrogen) atoms. The highest BCUT2D eigenvalue weighted by Gasteiger charge is 2.30. The highest BCUT2D eigenvalue weighted by molar-refractivity contribution is 7.15. The smallest absolute Gasteiger partial charge is 0.416 e. The Hall–Kier alpha value is -2.60. The van der Waals surface area contributed by atoms with Crippen LogP contribution in [0.15, 0.2) is 54.6 Å². The Morgan fingerprint density at radius 3 is 2.07 bits per heavy atom. The van der Waals surface area contributed by atoms with Gasteiger partial charge >= 0.3 is 12.1 Å². The molecule has 2 nitrogen and oxygen atoms in total. The van der Waals surface area contributed by atoms with E-state index in [1.54, 1.807) is 11.3 Å². The molecule has 0 bridgehead atoms. The summed E-state index contributed by atoms with van der Waals surface area (Å²) in [5.74, 6) is -0.800. The molecular weight excluding hydrogens is 397 g/mol. The van der Waals surface area contributed by atoms with Crippen molar-refractivity contribution in [3.63, 3.8) is 0 Å². The summed E-state index contributed by atoms with van der Waals surface area (Å²) in [5, 5.41) is 8.75. The average molecular weight is 418 g/mol. The molecule has 0 spiro atoms. The third-order valence-electron chi connectivity index (χ3n) is 4.81. The van der Waals surface area contributed by atoms with Gasteiger partial charge in [0.25, 0.3) is 0 Å². The summed E-state index contributed by atoms with van der Waals surface area (Å²) in [7, 11) is 0. The van der Waals surface area contributed by atoms with E-state index in [1.807, 2.05) is 37.3 Å². The number of hydrogen-bond acceptors (Lipinski definition) is 2. The summed E-state index contributed by atoms with van der Waals surface area (Å²) in [6, 6.07) is 15.3. The summed E-state index contributed by atoms with van der Waals surface area (Å²) in [4.78, 5) is 12.8. The van der Waals surface area contributed by atoms with Crippen molar-refractivity contribution in [3.05, 3.63) is 81.7 Å². The lowest BCUT2D eigenvalue weighted by molar-refractivity contribution is -0.138. The SMILES string of the molecule is Cc1cc(-c2ccc(C(F)(F)F)cc2)sc1CCc1ccc(CCC(=O)O)cc1. The molecule has 0 radical (unpaired) electrons. The van der Waals surface area contributed by atoms with Crippen molar-refractivity contribution in [2.75, 3.05) is 0 Å². The van der Waals surface area contributed by atoms with Crippen LogP contribution in [-0.4, -0.2) is 11.1 Å². The molecular formula is C23H21F3O2S. The number of halogens is 3. The first-order valence-electron chi connectivity index (χ1n) is 9.29. The molecule has 152 valence electrons. The van der Waals surface area contributed by atoms with Crippen LogP contribution in [0.1, 0.15) is 33.6 Å². The van der Waals surface area contributed by atoms with Crippen molar-refractivity contribution in [3.8, 4) is 10.4 Å². The molecule has 3 aromatic rings. The maximum atomic E-state index is 12.7. The number of hydrogen-bond donors (Lipinski definition) is 1. The molecule has 0 aliphatic carbocycles. The van der Waals surface area contributed by atoms with E-state index in [0.29, 0.717) is 6.42 Å². The second-order valence-electron chi connectivity index (χ2n) is 7.00. The number of rotatable bonds is 7. The van der Waals surface area contributed by atoms with Crippen LogP contribution in [0.5, 0.6) is 0 Å². The fraction of sp³-hybridized carbons (Fsp3) is 0.261. The highest BCUT2D eigenvalue weighted by atomic mass is 32.1. The number of alkyl halides is 3. The number of carboxylic acids is 1. The largest absolute Gasteiger partial charge is 0.481 e. The van der Waals surface area contributed by atoms with Crippen LogP contribution in [0.3, 0.4) is 0 Å². The summed E-state index contributed by atoms with van der Waals surface area (Å²) in [6.45, 7) is 2.02. The van der Waals surface area contributed by atoms with Gasteiger partial charge in [0, 0.05) is 16.2 Å². The molecule has 3 rings (SSSR count). The zero-order chi connectivity index (χ0) is 21.0. The van der Waals surface area contributed by atoms with E-state index in [-0.39, 0.29) is 6.42 Å². The molecule has 6 heteroatoms. The lowest BCUT2D eigenvalue weighted by Crippen LogP contribution is -2.03. The fourth-order valence-electron chi connectivity index (χ4n) is 3.12. The third-order valence-corrected chi connectivity index (χ3v) is 6.15. The van der Waals surface area contributed by atoms with E-state index in [9.17, 15) is 18.0 Å². The second-order valence-corrected chi connectivity index (χ2v) is 8.14. The number of aliphatic carboxylic acids is 1. The summed E-state index contributed by atoms with van der Waals surface area (Å²) >= 11 is 1.61. The molecule has 0 saturated heterocycles. The summed E-state index contributed by atoms with van der Waals surface area (Å²) < 4.78 is 38.2. The van der Waals surface area contributed by atoms with Gasteiger partial charge < -0.3 is 5.11 Å². The standard InChI is InChI=1S/C23H21F3O2S/c1-15-14-21(18-8-10-19(11-9-18)23(24,25)26)29-20(15)12-6-16-2-4-17(5-3-16)7-13-22(27)28/h2-5,8-11,14H,6-7,12-13H2,1H3,(H,27,28). The van der Waals surface area contributed by atoms with Crippen molar-refractivity contribution < 1.29 is 23.1 Å². The van der Waals surface area contributed by atoms with E-state index in [0.717, 1.165) is 46.5 Å². The fourth-order valence-corrected chi connectivity index (χ4v) is 4.29. The lowest BCUT2D eigenvalue weighted by Gasteiger charge is -2.06. The number of thiophene rings is 1. The molecule has 0 aliphatic heterocycles. The minimum absolute atomic E-state index is 0.125. The van der Waals surface area contributed by atoms with Gasteiger partial charge in [-0.2, -0.15) is 13.2 Å². The van der Waals surface area contributed by atoms with Crippen molar-refractivity contribution >= 4 is 17.3 Å². The van der Waals surface area contributed by atoms with Crippen molar-refractivity contribution in [2.45, 2.75) is 38.8 Å². The Labute approximate surface area is 171 Å². The van der Waals surface area contributed by atoms with Crippen LogP contribution >= 0.6 is 11.3 Å². The zero-order valence-corrected chi connectivity index (χ0v) is 16.7. The lowest BCUT2D eigenvalue weighted by atomic mass is 10.0. The molecule has 0 unspecified atom stereocenters. The molecule has 0 fully saturated rings. The number of aryl methyl sites for hydroxylation is 4. The van der Waals surface area contributed by atoms with Crippen molar-refractivity contribution in [2.24, 2.45) is 0 Å². The van der Waals surface area contributed by atoms with E-state index in [1.165, 1.54) is 22.6 Å². The number of carboxylic acid groups (broad SMARTS) is 1. The van der Waals surface area contributed by atoms with Crippen LogP contribution < -0.4 is 0 Å². The Kier molecular flexibility index (Phi) is 6.42. The highest BCUT2D eigenvalue weighted by Crippen LogP contribution is 2.35. The molecule has 0 amide bonds. The summed E-state index contributed by atoms with van der Waals surface area (Å²) in [6.07, 6.45) is -1.96. The van der Waals surface area contributed by atoms with Crippen LogP contribution in [0.4, 0.5) is 13.2 Å². The normalized spacial score (nSPS) is 11.6.